The standard InChI is InChI=1S/C43H41N3O6/c1-29(41(49)51-2)45-40(48)38(26-27-39(44)47)46(42(50)52-28-37-35-24-14-12-22-33(35)34-23-13-15-25-36(34)37)43(30-16-6-3-7-17-30,31-18-8-4-9-19-31)32-20-10-5-11-21-32/h3-25,29,37-38H,26-28H2,1-2H3,(H2,44,47)(H,45,48)/t29-,38-/m0/s1. The van der Waals surface area contributed by atoms with Crippen molar-refractivity contribution in [1.82, 2.24) is 10.2 Å². The Bertz CT molecular complexity index is 1890. The molecule has 0 saturated carbocycles. The zero-order valence-electron chi connectivity index (χ0n) is 29.1. The van der Waals surface area contributed by atoms with Gasteiger partial charge in [-0.25, -0.2) is 9.59 Å². The molecule has 0 radical (unpaired) electrons. The van der Waals surface area contributed by atoms with E-state index >= 15 is 4.79 Å². The third kappa shape index (κ3) is 6.90. The third-order valence-electron chi connectivity index (χ3n) is 9.66. The molecule has 0 spiro atoms. The van der Waals surface area contributed by atoms with Gasteiger partial charge in [0.1, 0.15) is 24.2 Å². The Hall–Kier alpha value is -6.22. The highest BCUT2D eigenvalue weighted by Crippen LogP contribution is 2.47. The van der Waals surface area contributed by atoms with Crippen LogP contribution in [-0.4, -0.2) is 54.6 Å². The van der Waals surface area contributed by atoms with Gasteiger partial charge in [-0.15, -0.1) is 0 Å². The number of benzene rings is 5. The quantitative estimate of drug-likeness (QED) is 0.106. The number of amides is 3. The van der Waals surface area contributed by atoms with Gasteiger partial charge in [0.05, 0.1) is 7.11 Å². The molecule has 5 aromatic carbocycles. The number of ether oxygens (including phenoxy) is 2. The highest BCUT2D eigenvalue weighted by Gasteiger charge is 2.51. The van der Waals surface area contributed by atoms with Gasteiger partial charge in [0.15, 0.2) is 0 Å². The fourth-order valence-electron chi connectivity index (χ4n) is 7.32. The largest absolute Gasteiger partial charge is 0.467 e. The van der Waals surface area contributed by atoms with Crippen molar-refractivity contribution in [2.24, 2.45) is 5.73 Å². The van der Waals surface area contributed by atoms with Crippen LogP contribution in [0.15, 0.2) is 140 Å². The average molecular weight is 696 g/mol. The van der Waals surface area contributed by atoms with Crippen molar-refractivity contribution in [3.63, 3.8) is 0 Å². The number of nitrogens with one attached hydrogen (secondary N) is 1. The van der Waals surface area contributed by atoms with Gasteiger partial charge in [-0.3, -0.25) is 14.5 Å². The van der Waals surface area contributed by atoms with Crippen LogP contribution in [-0.2, 0) is 29.4 Å². The monoisotopic (exact) mass is 695 g/mol. The lowest BCUT2D eigenvalue weighted by Gasteiger charge is -2.48. The van der Waals surface area contributed by atoms with Crippen LogP contribution in [0, 0.1) is 0 Å². The van der Waals surface area contributed by atoms with Gasteiger partial charge < -0.3 is 20.5 Å². The van der Waals surface area contributed by atoms with Crippen molar-refractivity contribution in [2.75, 3.05) is 13.7 Å². The minimum atomic E-state index is -1.47. The molecule has 0 saturated heterocycles. The number of primary amides is 1. The summed E-state index contributed by atoms with van der Waals surface area (Å²) in [5.41, 5.74) is 10.4. The van der Waals surface area contributed by atoms with Crippen molar-refractivity contribution >= 4 is 23.9 Å². The Balaban J connectivity index is 1.56. The van der Waals surface area contributed by atoms with Crippen LogP contribution < -0.4 is 11.1 Å². The Kier molecular flexibility index (Phi) is 10.8. The van der Waals surface area contributed by atoms with Gasteiger partial charge in [-0.2, -0.15) is 0 Å². The normalized spacial score (nSPS) is 13.2. The molecule has 9 heteroatoms. The zero-order chi connectivity index (χ0) is 36.7. The molecule has 0 fully saturated rings. The molecule has 0 heterocycles. The molecule has 52 heavy (non-hydrogen) atoms. The molecule has 0 aliphatic heterocycles. The number of rotatable bonds is 13. The fraction of sp³-hybridized carbons (Fsp3) is 0.209. The highest BCUT2D eigenvalue weighted by atomic mass is 16.6. The van der Waals surface area contributed by atoms with Gasteiger partial charge in [0.2, 0.25) is 11.8 Å². The third-order valence-corrected chi connectivity index (χ3v) is 9.66. The summed E-state index contributed by atoms with van der Waals surface area (Å²) in [4.78, 5) is 56.1. The van der Waals surface area contributed by atoms with Crippen molar-refractivity contribution < 1.29 is 28.7 Å². The number of methoxy groups -OCH3 is 1. The maximum atomic E-state index is 15.3. The van der Waals surface area contributed by atoms with Crippen LogP contribution >= 0.6 is 0 Å². The van der Waals surface area contributed by atoms with Gasteiger partial charge in [0.25, 0.3) is 0 Å². The minimum absolute atomic E-state index is 0.0273. The minimum Gasteiger partial charge on any atom is -0.467 e. The summed E-state index contributed by atoms with van der Waals surface area (Å²) >= 11 is 0. The molecule has 9 nitrogen and oxygen atoms in total. The first-order valence-electron chi connectivity index (χ1n) is 17.2. The summed E-state index contributed by atoms with van der Waals surface area (Å²) in [5.74, 6) is -2.28. The van der Waals surface area contributed by atoms with Crippen molar-refractivity contribution in [3.05, 3.63) is 167 Å². The number of fused-ring (bicyclic) bond motifs is 3. The lowest BCUT2D eigenvalue weighted by atomic mass is 9.74. The first-order chi connectivity index (χ1) is 25.3. The second-order valence-electron chi connectivity index (χ2n) is 12.8. The molecule has 1 aliphatic rings. The lowest BCUT2D eigenvalue weighted by molar-refractivity contribution is -0.145. The van der Waals surface area contributed by atoms with E-state index < -0.39 is 41.5 Å². The van der Waals surface area contributed by atoms with Crippen LogP contribution in [0.1, 0.15) is 53.5 Å². The summed E-state index contributed by atoms with van der Waals surface area (Å²) < 4.78 is 11.3. The summed E-state index contributed by atoms with van der Waals surface area (Å²) in [6, 6.07) is 41.8. The predicted octanol–water partition coefficient (Wildman–Crippen LogP) is 6.54. The summed E-state index contributed by atoms with van der Waals surface area (Å²) in [7, 11) is 1.23. The number of carbonyl (C=O) groups is 4. The Morgan fingerprint density at radius 3 is 1.60 bits per heavy atom. The maximum Gasteiger partial charge on any atom is 0.411 e. The number of esters is 1. The van der Waals surface area contributed by atoms with Gasteiger partial charge in [-0.05, 0) is 52.3 Å². The van der Waals surface area contributed by atoms with Crippen molar-refractivity contribution in [3.8, 4) is 11.1 Å². The molecule has 3 amide bonds. The van der Waals surface area contributed by atoms with E-state index in [4.69, 9.17) is 15.2 Å². The van der Waals surface area contributed by atoms with E-state index in [-0.39, 0.29) is 25.4 Å². The topological polar surface area (TPSA) is 128 Å². The van der Waals surface area contributed by atoms with Crippen molar-refractivity contribution in [2.45, 2.75) is 43.3 Å². The van der Waals surface area contributed by atoms with Crippen LogP contribution in [0.3, 0.4) is 0 Å². The molecule has 0 aromatic heterocycles. The van der Waals surface area contributed by atoms with E-state index in [1.807, 2.05) is 127 Å². The predicted molar refractivity (Wildman–Crippen MR) is 198 cm³/mol. The van der Waals surface area contributed by atoms with E-state index in [9.17, 15) is 14.4 Å². The zero-order valence-corrected chi connectivity index (χ0v) is 29.1. The summed E-state index contributed by atoms with van der Waals surface area (Å²) in [6.45, 7) is 1.46. The average Bonchev–Trinajstić information content (AvgIpc) is 3.50. The number of nitrogens with two attached hydrogens (primary N) is 1. The molecular formula is C43H41N3O6. The molecule has 5 aromatic rings. The van der Waals surface area contributed by atoms with E-state index in [1.54, 1.807) is 0 Å². The molecule has 1 aliphatic carbocycles. The van der Waals surface area contributed by atoms with Gasteiger partial charge in [-0.1, -0.05) is 140 Å². The molecular weight excluding hydrogens is 654 g/mol. The highest BCUT2D eigenvalue weighted by molar-refractivity contribution is 5.91. The van der Waals surface area contributed by atoms with Crippen LogP contribution in [0.25, 0.3) is 11.1 Å². The smallest absolute Gasteiger partial charge is 0.411 e. The summed E-state index contributed by atoms with van der Waals surface area (Å²) in [5, 5.41) is 2.72. The fourth-order valence-corrected chi connectivity index (χ4v) is 7.32. The van der Waals surface area contributed by atoms with E-state index in [0.717, 1.165) is 22.3 Å². The summed E-state index contributed by atoms with van der Waals surface area (Å²) in [6.07, 6.45) is -1.19. The molecule has 2 atom stereocenters. The van der Waals surface area contributed by atoms with E-state index in [0.29, 0.717) is 16.7 Å². The maximum absolute atomic E-state index is 15.3. The van der Waals surface area contributed by atoms with Gasteiger partial charge >= 0.3 is 12.1 Å². The Morgan fingerprint density at radius 2 is 1.15 bits per heavy atom. The second-order valence-corrected chi connectivity index (χ2v) is 12.8. The molecule has 0 bridgehead atoms. The first-order valence-corrected chi connectivity index (χ1v) is 17.2. The van der Waals surface area contributed by atoms with E-state index in [2.05, 4.69) is 17.4 Å². The molecule has 0 unspecified atom stereocenters. The number of nitrogens with zero attached hydrogens (tertiary/aromatic N) is 1. The molecule has 264 valence electrons. The number of hydrogen-bond acceptors (Lipinski definition) is 6. The molecule has 3 N–H and O–H groups in total. The first kappa shape index (κ1) is 35.6. The van der Waals surface area contributed by atoms with Crippen LogP contribution in [0.2, 0.25) is 0 Å². The SMILES string of the molecule is COC(=O)[C@H](C)NC(=O)[C@H](CCC(N)=O)N(C(=O)OCC1c2ccccc2-c2ccccc21)C(c1ccccc1)(c1ccccc1)c1ccccc1. The van der Waals surface area contributed by atoms with Gasteiger partial charge in [0, 0.05) is 12.3 Å². The second kappa shape index (κ2) is 15.8. The Morgan fingerprint density at radius 1 is 0.712 bits per heavy atom. The number of hydrogen-bond donors (Lipinski definition) is 2. The number of carbonyl (C=O) groups excluding carboxylic acids is 4. The van der Waals surface area contributed by atoms with E-state index in [1.165, 1.54) is 18.9 Å². The van der Waals surface area contributed by atoms with Crippen LogP contribution in [0.4, 0.5) is 4.79 Å². The molecule has 6 rings (SSSR count). The van der Waals surface area contributed by atoms with Crippen molar-refractivity contribution in [1.29, 1.82) is 0 Å². The van der Waals surface area contributed by atoms with Crippen LogP contribution in [0.5, 0.6) is 0 Å². The lowest BCUT2D eigenvalue weighted by Crippen LogP contribution is -2.61. The Labute approximate surface area is 303 Å².